The van der Waals surface area contributed by atoms with Crippen molar-refractivity contribution < 1.29 is 13.5 Å². The lowest BCUT2D eigenvalue weighted by molar-refractivity contribution is 0.474. The van der Waals surface area contributed by atoms with Crippen LogP contribution in [0, 0.1) is 0 Å². The number of sulfone groups is 1. The molecule has 2 aromatic rings. The van der Waals surface area contributed by atoms with E-state index in [1.165, 1.54) is 0 Å². The third-order valence-electron chi connectivity index (χ3n) is 4.40. The minimum atomic E-state index is -3.25. The number of anilines is 1. The van der Waals surface area contributed by atoms with Crippen molar-refractivity contribution >= 4 is 15.5 Å². The normalized spacial score (nSPS) is 19.7. The molecule has 0 saturated heterocycles. The molecule has 1 heterocycles. The molecule has 1 aliphatic heterocycles. The Kier molecular flexibility index (Phi) is 4.06. The van der Waals surface area contributed by atoms with Crippen LogP contribution in [-0.2, 0) is 9.84 Å². The summed E-state index contributed by atoms with van der Waals surface area (Å²) in [7, 11) is 0.628. The first-order valence-corrected chi connectivity index (χ1v) is 9.37. The molecule has 4 nitrogen and oxygen atoms in total. The second-order valence-electron chi connectivity index (χ2n) is 6.23. The van der Waals surface area contributed by atoms with E-state index < -0.39 is 9.84 Å². The molecular formula is C18H21NO3S. The quantitative estimate of drug-likeness (QED) is 0.918. The number of phenolic OH excluding ortho intramolecular Hbond substituents is 1. The first-order chi connectivity index (χ1) is 10.9. The SMILES string of the molecule is CN(C)c1ccc2c(c1)C(c1cccc(O)c1)CCCS2(=O)=O. The van der Waals surface area contributed by atoms with Crippen LogP contribution in [0.2, 0.25) is 0 Å². The second-order valence-corrected chi connectivity index (χ2v) is 8.30. The predicted octanol–water partition coefficient (Wildman–Crippen LogP) is 3.16. The van der Waals surface area contributed by atoms with Crippen LogP contribution in [0.15, 0.2) is 47.4 Å². The molecule has 5 heteroatoms. The molecule has 1 aliphatic rings. The molecule has 1 unspecified atom stereocenters. The zero-order valence-electron chi connectivity index (χ0n) is 13.4. The third kappa shape index (κ3) is 3.06. The van der Waals surface area contributed by atoms with Crippen molar-refractivity contribution in [3.05, 3.63) is 53.6 Å². The highest BCUT2D eigenvalue weighted by Crippen LogP contribution is 2.39. The Morgan fingerprint density at radius 2 is 1.91 bits per heavy atom. The fourth-order valence-corrected chi connectivity index (χ4v) is 4.80. The molecule has 122 valence electrons. The van der Waals surface area contributed by atoms with Gasteiger partial charge in [0.25, 0.3) is 0 Å². The Hall–Kier alpha value is -2.01. The summed E-state index contributed by atoms with van der Waals surface area (Å²) in [6.45, 7) is 0. The van der Waals surface area contributed by atoms with Gasteiger partial charge in [0, 0.05) is 25.7 Å². The zero-order chi connectivity index (χ0) is 16.6. The lowest BCUT2D eigenvalue weighted by Crippen LogP contribution is -2.12. The van der Waals surface area contributed by atoms with Crippen molar-refractivity contribution in [1.29, 1.82) is 0 Å². The molecule has 2 aromatic carbocycles. The Bertz CT molecular complexity index is 828. The lowest BCUT2D eigenvalue weighted by Gasteiger charge is -2.21. The fourth-order valence-electron chi connectivity index (χ4n) is 3.20. The van der Waals surface area contributed by atoms with Crippen LogP contribution in [0.5, 0.6) is 5.75 Å². The molecule has 23 heavy (non-hydrogen) atoms. The Morgan fingerprint density at radius 1 is 1.13 bits per heavy atom. The Balaban J connectivity index is 2.21. The number of rotatable bonds is 2. The minimum absolute atomic E-state index is 0.0192. The van der Waals surface area contributed by atoms with Crippen molar-refractivity contribution in [2.75, 3.05) is 24.7 Å². The number of benzene rings is 2. The molecule has 1 N–H and O–H groups in total. The fraction of sp³-hybridized carbons (Fsp3) is 0.333. The van der Waals surface area contributed by atoms with E-state index in [9.17, 15) is 13.5 Å². The molecule has 1 atom stereocenters. The van der Waals surface area contributed by atoms with Crippen molar-refractivity contribution in [1.82, 2.24) is 0 Å². The van der Waals surface area contributed by atoms with Gasteiger partial charge >= 0.3 is 0 Å². The number of aromatic hydroxyl groups is 1. The van der Waals surface area contributed by atoms with Gasteiger partial charge in [-0.05, 0) is 54.3 Å². The van der Waals surface area contributed by atoms with Gasteiger partial charge in [-0.1, -0.05) is 12.1 Å². The van der Waals surface area contributed by atoms with Gasteiger partial charge in [-0.25, -0.2) is 8.42 Å². The monoisotopic (exact) mass is 331 g/mol. The number of phenols is 1. The van der Waals surface area contributed by atoms with Crippen molar-refractivity contribution in [2.45, 2.75) is 23.7 Å². The minimum Gasteiger partial charge on any atom is -0.508 e. The molecule has 0 fully saturated rings. The van der Waals surface area contributed by atoms with Gasteiger partial charge < -0.3 is 10.0 Å². The highest BCUT2D eigenvalue weighted by molar-refractivity contribution is 7.91. The van der Waals surface area contributed by atoms with Crippen molar-refractivity contribution in [3.63, 3.8) is 0 Å². The van der Waals surface area contributed by atoms with Crippen LogP contribution < -0.4 is 4.90 Å². The van der Waals surface area contributed by atoms with E-state index in [2.05, 4.69) is 0 Å². The maximum atomic E-state index is 12.6. The summed E-state index contributed by atoms with van der Waals surface area (Å²) >= 11 is 0. The topological polar surface area (TPSA) is 57.6 Å². The van der Waals surface area contributed by atoms with Gasteiger partial charge in [-0.15, -0.1) is 0 Å². The van der Waals surface area contributed by atoms with E-state index in [1.54, 1.807) is 24.3 Å². The smallest absolute Gasteiger partial charge is 0.178 e. The molecule has 0 bridgehead atoms. The highest BCUT2D eigenvalue weighted by Gasteiger charge is 2.29. The van der Waals surface area contributed by atoms with E-state index in [0.29, 0.717) is 11.3 Å². The van der Waals surface area contributed by atoms with E-state index in [0.717, 1.165) is 23.2 Å². The predicted molar refractivity (Wildman–Crippen MR) is 92.0 cm³/mol. The summed E-state index contributed by atoms with van der Waals surface area (Å²) in [5, 5.41) is 9.78. The number of hydrogen-bond acceptors (Lipinski definition) is 4. The molecule has 0 aromatic heterocycles. The van der Waals surface area contributed by atoms with Gasteiger partial charge in [0.15, 0.2) is 9.84 Å². The first kappa shape index (κ1) is 15.9. The summed E-state index contributed by atoms with van der Waals surface area (Å²) in [5.41, 5.74) is 2.77. The molecule has 0 radical (unpaired) electrons. The number of hydrogen-bond donors (Lipinski definition) is 1. The zero-order valence-corrected chi connectivity index (χ0v) is 14.2. The first-order valence-electron chi connectivity index (χ1n) is 7.71. The molecule has 0 saturated carbocycles. The number of fused-ring (bicyclic) bond motifs is 1. The maximum absolute atomic E-state index is 12.6. The highest BCUT2D eigenvalue weighted by atomic mass is 32.2. The number of nitrogens with zero attached hydrogens (tertiary/aromatic N) is 1. The molecule has 3 rings (SSSR count). The van der Waals surface area contributed by atoms with Gasteiger partial charge in [0.05, 0.1) is 10.6 Å². The summed E-state index contributed by atoms with van der Waals surface area (Å²) < 4.78 is 25.1. The van der Waals surface area contributed by atoms with Gasteiger partial charge in [0.1, 0.15) is 5.75 Å². The summed E-state index contributed by atoms with van der Waals surface area (Å²) in [6.07, 6.45) is 1.38. The van der Waals surface area contributed by atoms with E-state index in [1.807, 2.05) is 37.2 Å². The summed E-state index contributed by atoms with van der Waals surface area (Å²) in [4.78, 5) is 2.39. The Morgan fingerprint density at radius 3 is 2.61 bits per heavy atom. The van der Waals surface area contributed by atoms with E-state index >= 15 is 0 Å². The van der Waals surface area contributed by atoms with Gasteiger partial charge in [0.2, 0.25) is 0 Å². The third-order valence-corrected chi connectivity index (χ3v) is 6.27. The molecule has 0 aliphatic carbocycles. The van der Waals surface area contributed by atoms with Gasteiger partial charge in [-0.2, -0.15) is 0 Å². The average Bonchev–Trinajstić information content (AvgIpc) is 2.63. The summed E-state index contributed by atoms with van der Waals surface area (Å²) in [5.74, 6) is 0.366. The largest absolute Gasteiger partial charge is 0.508 e. The van der Waals surface area contributed by atoms with Crippen LogP contribution in [-0.4, -0.2) is 33.4 Å². The van der Waals surface area contributed by atoms with E-state index in [-0.39, 0.29) is 17.4 Å². The molecule has 0 spiro atoms. The maximum Gasteiger partial charge on any atom is 0.178 e. The molecule has 0 amide bonds. The summed E-state index contributed by atoms with van der Waals surface area (Å²) in [6, 6.07) is 12.7. The Labute approximate surface area is 137 Å². The van der Waals surface area contributed by atoms with Crippen molar-refractivity contribution in [3.8, 4) is 5.75 Å². The van der Waals surface area contributed by atoms with Crippen LogP contribution in [0.25, 0.3) is 0 Å². The molecular weight excluding hydrogens is 310 g/mol. The van der Waals surface area contributed by atoms with Crippen LogP contribution in [0.1, 0.15) is 29.9 Å². The van der Waals surface area contributed by atoms with Gasteiger partial charge in [-0.3, -0.25) is 0 Å². The van der Waals surface area contributed by atoms with Crippen LogP contribution in [0.3, 0.4) is 0 Å². The van der Waals surface area contributed by atoms with Crippen LogP contribution >= 0.6 is 0 Å². The van der Waals surface area contributed by atoms with Crippen LogP contribution in [0.4, 0.5) is 5.69 Å². The standard InChI is InChI=1S/C18H21NO3S/c1-19(2)14-8-9-18-17(12-14)16(7-4-10-23(18,21)22)13-5-3-6-15(20)11-13/h3,5-6,8-9,11-12,16,20H,4,7,10H2,1-2H3. The average molecular weight is 331 g/mol. The lowest BCUT2D eigenvalue weighted by atomic mass is 9.87. The second kappa shape index (κ2) is 5.89. The van der Waals surface area contributed by atoms with E-state index in [4.69, 9.17) is 0 Å². The van der Waals surface area contributed by atoms with Crippen molar-refractivity contribution in [2.24, 2.45) is 0 Å².